The first-order valence-electron chi connectivity index (χ1n) is 5.90. The second-order valence-electron chi connectivity index (χ2n) is 4.44. The number of methoxy groups -OCH3 is 1. The predicted octanol–water partition coefficient (Wildman–Crippen LogP) is 0.777. The summed E-state index contributed by atoms with van der Waals surface area (Å²) in [6.07, 6.45) is 0.765. The first kappa shape index (κ1) is 13.3. The lowest BCUT2D eigenvalue weighted by Gasteiger charge is -2.17. The first-order valence-corrected chi connectivity index (χ1v) is 5.90. The van der Waals surface area contributed by atoms with Crippen molar-refractivity contribution in [3.05, 3.63) is 33.9 Å². The molecule has 2 N–H and O–H groups in total. The van der Waals surface area contributed by atoms with Crippen LogP contribution < -0.4 is 10.5 Å². The third kappa shape index (κ3) is 2.65. The molecule has 1 fully saturated rings. The number of benzene rings is 1. The maximum Gasteiger partial charge on any atom is 0.273 e. The summed E-state index contributed by atoms with van der Waals surface area (Å²) in [5.74, 6) is -0.000584. The monoisotopic (exact) mass is 265 g/mol. The molecule has 0 aromatic heterocycles. The Balaban J connectivity index is 2.29. The van der Waals surface area contributed by atoms with Crippen LogP contribution in [0.3, 0.4) is 0 Å². The van der Waals surface area contributed by atoms with Gasteiger partial charge in [-0.3, -0.25) is 14.9 Å². The van der Waals surface area contributed by atoms with Gasteiger partial charge in [0.15, 0.2) is 0 Å². The number of likely N-dealkylation sites (tertiary alicyclic amines) is 1. The molecule has 19 heavy (non-hydrogen) atoms. The number of nitro groups is 1. The number of hydrogen-bond acceptors (Lipinski definition) is 5. The van der Waals surface area contributed by atoms with E-state index in [1.807, 2.05) is 0 Å². The third-order valence-corrected chi connectivity index (χ3v) is 3.14. The molecule has 1 aromatic rings. The number of nitrogens with zero attached hydrogens (tertiary/aromatic N) is 2. The zero-order valence-electron chi connectivity index (χ0n) is 10.5. The highest BCUT2D eigenvalue weighted by Gasteiger charge is 2.27. The van der Waals surface area contributed by atoms with Crippen molar-refractivity contribution in [3.63, 3.8) is 0 Å². The van der Waals surface area contributed by atoms with Crippen LogP contribution in [-0.2, 0) is 0 Å². The molecule has 0 saturated carbocycles. The zero-order chi connectivity index (χ0) is 14.0. The van der Waals surface area contributed by atoms with Gasteiger partial charge in [0.05, 0.1) is 23.7 Å². The summed E-state index contributed by atoms with van der Waals surface area (Å²) >= 11 is 0. The summed E-state index contributed by atoms with van der Waals surface area (Å²) in [5.41, 5.74) is 5.98. The quantitative estimate of drug-likeness (QED) is 0.643. The van der Waals surface area contributed by atoms with Crippen LogP contribution in [-0.4, -0.2) is 42.0 Å². The maximum atomic E-state index is 12.3. The van der Waals surface area contributed by atoms with E-state index in [0.717, 1.165) is 6.42 Å². The van der Waals surface area contributed by atoms with E-state index in [1.54, 1.807) is 4.90 Å². The number of rotatable bonds is 3. The Hall–Kier alpha value is -2.15. The van der Waals surface area contributed by atoms with Crippen LogP contribution in [0.1, 0.15) is 16.8 Å². The molecule has 0 aliphatic carbocycles. The minimum Gasteiger partial charge on any atom is -0.496 e. The van der Waals surface area contributed by atoms with Gasteiger partial charge in [0.2, 0.25) is 0 Å². The van der Waals surface area contributed by atoms with E-state index in [0.29, 0.717) is 18.7 Å². The lowest BCUT2D eigenvalue weighted by Crippen LogP contribution is -2.32. The Bertz CT molecular complexity index is 518. The van der Waals surface area contributed by atoms with E-state index in [9.17, 15) is 14.9 Å². The summed E-state index contributed by atoms with van der Waals surface area (Å²) in [4.78, 5) is 24.1. The van der Waals surface area contributed by atoms with Crippen molar-refractivity contribution < 1.29 is 14.5 Å². The molecule has 0 unspecified atom stereocenters. The highest BCUT2D eigenvalue weighted by molar-refractivity contribution is 5.97. The Morgan fingerprint density at radius 1 is 1.58 bits per heavy atom. The smallest absolute Gasteiger partial charge is 0.273 e. The fourth-order valence-corrected chi connectivity index (χ4v) is 2.11. The number of non-ortho nitro benzene ring substituents is 1. The molecule has 7 heteroatoms. The molecule has 1 saturated heterocycles. The van der Waals surface area contributed by atoms with Crippen molar-refractivity contribution in [1.82, 2.24) is 4.90 Å². The lowest BCUT2D eigenvalue weighted by molar-refractivity contribution is -0.384. The molecule has 1 atom stereocenters. The van der Waals surface area contributed by atoms with Crippen molar-refractivity contribution in [3.8, 4) is 5.75 Å². The number of carbonyl (C=O) groups is 1. The SMILES string of the molecule is COc1cc([N+](=O)[O-])ccc1C(=O)N1CC[C@@H](N)C1. The zero-order valence-corrected chi connectivity index (χ0v) is 10.5. The molecule has 102 valence electrons. The van der Waals surface area contributed by atoms with Crippen LogP contribution in [0.5, 0.6) is 5.75 Å². The van der Waals surface area contributed by atoms with Gasteiger partial charge < -0.3 is 15.4 Å². The largest absolute Gasteiger partial charge is 0.496 e. The van der Waals surface area contributed by atoms with Crippen molar-refractivity contribution in [2.45, 2.75) is 12.5 Å². The van der Waals surface area contributed by atoms with Gasteiger partial charge in [-0.05, 0) is 12.5 Å². The number of carbonyl (C=O) groups excluding carboxylic acids is 1. The van der Waals surface area contributed by atoms with Gasteiger partial charge in [0, 0.05) is 25.2 Å². The van der Waals surface area contributed by atoms with Crippen LogP contribution in [0, 0.1) is 10.1 Å². The maximum absolute atomic E-state index is 12.3. The third-order valence-electron chi connectivity index (χ3n) is 3.14. The van der Waals surface area contributed by atoms with Gasteiger partial charge in [-0.15, -0.1) is 0 Å². The van der Waals surface area contributed by atoms with Gasteiger partial charge in [0.25, 0.3) is 11.6 Å². The molecular formula is C12H15N3O4. The Labute approximate surface area is 110 Å². The van der Waals surface area contributed by atoms with Crippen LogP contribution in [0.2, 0.25) is 0 Å². The Kier molecular flexibility index (Phi) is 3.66. The van der Waals surface area contributed by atoms with E-state index in [4.69, 9.17) is 10.5 Å². The highest BCUT2D eigenvalue weighted by Crippen LogP contribution is 2.26. The van der Waals surface area contributed by atoms with Gasteiger partial charge in [0.1, 0.15) is 5.75 Å². The normalized spacial score (nSPS) is 18.4. The van der Waals surface area contributed by atoms with Crippen molar-refractivity contribution in [2.75, 3.05) is 20.2 Å². The fraction of sp³-hybridized carbons (Fsp3) is 0.417. The van der Waals surface area contributed by atoms with Gasteiger partial charge >= 0.3 is 0 Å². The second-order valence-corrected chi connectivity index (χ2v) is 4.44. The van der Waals surface area contributed by atoms with Gasteiger partial charge in [-0.2, -0.15) is 0 Å². The van der Waals surface area contributed by atoms with E-state index < -0.39 is 4.92 Å². The second kappa shape index (κ2) is 5.23. The molecule has 1 aliphatic rings. The molecule has 1 heterocycles. The molecule has 0 radical (unpaired) electrons. The molecular weight excluding hydrogens is 250 g/mol. The number of amides is 1. The van der Waals surface area contributed by atoms with E-state index >= 15 is 0 Å². The summed E-state index contributed by atoms with van der Waals surface area (Å²) in [7, 11) is 1.38. The fourth-order valence-electron chi connectivity index (χ4n) is 2.11. The minimum atomic E-state index is -0.525. The van der Waals surface area contributed by atoms with Gasteiger partial charge in [-0.1, -0.05) is 0 Å². The number of hydrogen-bond donors (Lipinski definition) is 1. The number of nitrogens with two attached hydrogens (primary N) is 1. The molecule has 1 aliphatic heterocycles. The molecule has 1 aromatic carbocycles. The topological polar surface area (TPSA) is 98.7 Å². The van der Waals surface area contributed by atoms with Crippen LogP contribution in [0.15, 0.2) is 18.2 Å². The molecule has 7 nitrogen and oxygen atoms in total. The average molecular weight is 265 g/mol. The summed E-state index contributed by atoms with van der Waals surface area (Å²) < 4.78 is 5.06. The van der Waals surface area contributed by atoms with E-state index in [1.165, 1.54) is 25.3 Å². The van der Waals surface area contributed by atoms with Crippen LogP contribution in [0.25, 0.3) is 0 Å². The summed E-state index contributed by atoms with van der Waals surface area (Å²) in [6.45, 7) is 1.10. The average Bonchev–Trinajstić information content (AvgIpc) is 2.83. The predicted molar refractivity (Wildman–Crippen MR) is 68.1 cm³/mol. The molecule has 2 rings (SSSR count). The van der Waals surface area contributed by atoms with Crippen molar-refractivity contribution >= 4 is 11.6 Å². The molecule has 1 amide bonds. The van der Waals surface area contributed by atoms with Crippen LogP contribution >= 0.6 is 0 Å². The van der Waals surface area contributed by atoms with Crippen LogP contribution in [0.4, 0.5) is 5.69 Å². The minimum absolute atomic E-state index is 0.00649. The van der Waals surface area contributed by atoms with Crippen molar-refractivity contribution in [1.29, 1.82) is 0 Å². The summed E-state index contributed by atoms with van der Waals surface area (Å²) in [5, 5.41) is 10.7. The van der Waals surface area contributed by atoms with Crippen molar-refractivity contribution in [2.24, 2.45) is 5.73 Å². The number of nitro benzene ring substituents is 1. The standard InChI is InChI=1S/C12H15N3O4/c1-19-11-6-9(15(17)18)2-3-10(11)12(16)14-5-4-8(13)7-14/h2-3,6,8H,4-5,7,13H2,1H3/t8-/m1/s1. The Morgan fingerprint density at radius 2 is 2.32 bits per heavy atom. The van der Waals surface area contributed by atoms with E-state index in [-0.39, 0.29) is 23.4 Å². The highest BCUT2D eigenvalue weighted by atomic mass is 16.6. The molecule has 0 spiro atoms. The van der Waals surface area contributed by atoms with E-state index in [2.05, 4.69) is 0 Å². The number of ether oxygens (including phenoxy) is 1. The Morgan fingerprint density at radius 3 is 2.84 bits per heavy atom. The summed E-state index contributed by atoms with van der Waals surface area (Å²) in [6, 6.07) is 3.96. The van der Waals surface area contributed by atoms with Gasteiger partial charge in [-0.25, -0.2) is 0 Å². The lowest BCUT2D eigenvalue weighted by atomic mass is 10.1. The first-order chi connectivity index (χ1) is 9.02. The molecule has 0 bridgehead atoms.